The third kappa shape index (κ3) is 1.71. The molecule has 0 unspecified atom stereocenters. The molecule has 1 aromatic rings. The van der Waals surface area contributed by atoms with Gasteiger partial charge in [0.15, 0.2) is 0 Å². The summed E-state index contributed by atoms with van der Waals surface area (Å²) in [6.07, 6.45) is 0. The first-order chi connectivity index (χ1) is 6.11. The number of nitrogens with two attached hydrogens (primary N) is 1. The first-order valence-corrected chi connectivity index (χ1v) is 4.24. The van der Waals surface area contributed by atoms with E-state index in [-0.39, 0.29) is 12.3 Å². The molecule has 1 rings (SSSR count). The molecular weight excluding hydrogens is 190 g/mol. The molecule has 0 spiro atoms. The van der Waals surface area contributed by atoms with Crippen molar-refractivity contribution in [1.82, 2.24) is 0 Å². The van der Waals surface area contributed by atoms with Crippen LogP contribution in [0.1, 0.15) is 11.1 Å². The number of hydrogen-bond acceptors (Lipinski definition) is 3. The molecule has 0 heterocycles. The number of benzene rings is 1. The van der Waals surface area contributed by atoms with E-state index in [0.29, 0.717) is 21.9 Å². The van der Waals surface area contributed by atoms with Crippen LogP contribution in [0.3, 0.4) is 0 Å². The van der Waals surface area contributed by atoms with Crippen LogP contribution in [0.25, 0.3) is 0 Å². The van der Waals surface area contributed by atoms with Gasteiger partial charge in [-0.25, -0.2) is 0 Å². The van der Waals surface area contributed by atoms with Gasteiger partial charge >= 0.3 is 0 Å². The summed E-state index contributed by atoms with van der Waals surface area (Å²) < 4.78 is 5.02. The van der Waals surface area contributed by atoms with E-state index in [4.69, 9.17) is 22.1 Å². The second kappa shape index (κ2) is 3.85. The van der Waals surface area contributed by atoms with E-state index in [1.807, 2.05) is 0 Å². The molecule has 0 atom stereocenters. The van der Waals surface area contributed by atoms with Gasteiger partial charge in [-0.2, -0.15) is 0 Å². The van der Waals surface area contributed by atoms with Gasteiger partial charge in [0, 0.05) is 17.7 Å². The summed E-state index contributed by atoms with van der Waals surface area (Å²) >= 11 is 5.89. The third-order valence-corrected chi connectivity index (χ3v) is 2.22. The van der Waals surface area contributed by atoms with Crippen LogP contribution in [-0.4, -0.2) is 12.2 Å². The summed E-state index contributed by atoms with van der Waals surface area (Å²) in [5.41, 5.74) is 6.67. The molecule has 13 heavy (non-hydrogen) atoms. The Morgan fingerprint density at radius 3 is 2.69 bits per heavy atom. The van der Waals surface area contributed by atoms with Crippen molar-refractivity contribution in [3.05, 3.63) is 22.2 Å². The van der Waals surface area contributed by atoms with Crippen molar-refractivity contribution in [3.8, 4) is 11.5 Å². The van der Waals surface area contributed by atoms with Gasteiger partial charge in [-0.1, -0.05) is 11.6 Å². The van der Waals surface area contributed by atoms with Crippen molar-refractivity contribution in [2.75, 3.05) is 7.11 Å². The van der Waals surface area contributed by atoms with E-state index in [1.54, 1.807) is 13.0 Å². The smallest absolute Gasteiger partial charge is 0.144 e. The van der Waals surface area contributed by atoms with E-state index in [1.165, 1.54) is 7.11 Å². The average molecular weight is 202 g/mol. The van der Waals surface area contributed by atoms with Crippen LogP contribution >= 0.6 is 11.6 Å². The molecule has 0 fully saturated rings. The third-order valence-electron chi connectivity index (χ3n) is 1.94. The van der Waals surface area contributed by atoms with Gasteiger partial charge in [0.25, 0.3) is 0 Å². The largest absolute Gasteiger partial charge is 0.507 e. The minimum absolute atomic E-state index is 0.156. The van der Waals surface area contributed by atoms with Crippen LogP contribution in [0.2, 0.25) is 5.02 Å². The fourth-order valence-electron chi connectivity index (χ4n) is 1.22. The van der Waals surface area contributed by atoms with Gasteiger partial charge in [0.1, 0.15) is 11.5 Å². The summed E-state index contributed by atoms with van der Waals surface area (Å²) in [6, 6.07) is 1.61. The van der Waals surface area contributed by atoms with E-state index in [9.17, 15) is 5.11 Å². The van der Waals surface area contributed by atoms with Crippen molar-refractivity contribution in [2.24, 2.45) is 5.73 Å². The zero-order valence-electron chi connectivity index (χ0n) is 7.60. The molecule has 0 saturated heterocycles. The molecule has 0 aromatic heterocycles. The molecule has 0 bridgehead atoms. The molecule has 0 aliphatic heterocycles. The number of phenolic OH excluding ortho intramolecular Hbond substituents is 1. The highest BCUT2D eigenvalue weighted by Gasteiger charge is 2.12. The second-order valence-electron chi connectivity index (χ2n) is 2.73. The van der Waals surface area contributed by atoms with Crippen molar-refractivity contribution < 1.29 is 9.84 Å². The molecule has 72 valence electrons. The summed E-state index contributed by atoms with van der Waals surface area (Å²) in [6.45, 7) is 2.00. The van der Waals surface area contributed by atoms with Crippen LogP contribution in [0.4, 0.5) is 0 Å². The highest BCUT2D eigenvalue weighted by Crippen LogP contribution is 2.36. The summed E-state index contributed by atoms with van der Waals surface area (Å²) in [5, 5.41) is 10.1. The lowest BCUT2D eigenvalue weighted by Crippen LogP contribution is -1.99. The predicted octanol–water partition coefficient (Wildman–Crippen LogP) is 1.82. The Hall–Kier alpha value is -0.930. The van der Waals surface area contributed by atoms with Crippen molar-refractivity contribution >= 4 is 11.6 Å². The van der Waals surface area contributed by atoms with Crippen LogP contribution in [0, 0.1) is 6.92 Å². The minimum atomic E-state index is 0.156. The maximum Gasteiger partial charge on any atom is 0.144 e. The normalized spacial score (nSPS) is 10.2. The monoisotopic (exact) mass is 201 g/mol. The highest BCUT2D eigenvalue weighted by atomic mass is 35.5. The van der Waals surface area contributed by atoms with Gasteiger partial charge in [-0.15, -0.1) is 0 Å². The SMILES string of the molecule is COc1c(Cl)cc(CN)c(O)c1C. The molecule has 0 saturated carbocycles. The van der Waals surface area contributed by atoms with E-state index in [2.05, 4.69) is 0 Å². The van der Waals surface area contributed by atoms with Crippen molar-refractivity contribution in [1.29, 1.82) is 0 Å². The van der Waals surface area contributed by atoms with Crippen LogP contribution in [-0.2, 0) is 6.54 Å². The number of phenols is 1. The van der Waals surface area contributed by atoms with E-state index in [0.717, 1.165) is 0 Å². The number of methoxy groups -OCH3 is 1. The van der Waals surface area contributed by atoms with E-state index >= 15 is 0 Å². The Morgan fingerprint density at radius 1 is 1.62 bits per heavy atom. The first kappa shape index (κ1) is 10.2. The number of halogens is 1. The van der Waals surface area contributed by atoms with Gasteiger partial charge < -0.3 is 15.6 Å². The fourth-order valence-corrected chi connectivity index (χ4v) is 1.57. The van der Waals surface area contributed by atoms with E-state index < -0.39 is 0 Å². The van der Waals surface area contributed by atoms with Gasteiger partial charge in [0.2, 0.25) is 0 Å². The summed E-state index contributed by atoms with van der Waals surface area (Å²) in [7, 11) is 1.51. The molecule has 0 amide bonds. The Kier molecular flexibility index (Phi) is 3.01. The summed E-state index contributed by atoms with van der Waals surface area (Å²) in [5.74, 6) is 0.653. The average Bonchev–Trinajstić information content (AvgIpc) is 2.12. The number of aromatic hydroxyl groups is 1. The van der Waals surface area contributed by atoms with Gasteiger partial charge in [-0.3, -0.25) is 0 Å². The fraction of sp³-hybridized carbons (Fsp3) is 0.333. The van der Waals surface area contributed by atoms with Crippen molar-refractivity contribution in [3.63, 3.8) is 0 Å². The Bertz CT molecular complexity index is 326. The zero-order chi connectivity index (χ0) is 10.0. The van der Waals surface area contributed by atoms with Gasteiger partial charge in [-0.05, 0) is 13.0 Å². The molecule has 0 aliphatic carbocycles. The Balaban J connectivity index is 3.37. The Labute approximate surface area is 82.1 Å². The predicted molar refractivity (Wildman–Crippen MR) is 52.3 cm³/mol. The quantitative estimate of drug-likeness (QED) is 0.768. The number of rotatable bonds is 2. The highest BCUT2D eigenvalue weighted by molar-refractivity contribution is 6.32. The first-order valence-electron chi connectivity index (χ1n) is 3.86. The molecular formula is C9H12ClNO2. The van der Waals surface area contributed by atoms with Crippen LogP contribution in [0.15, 0.2) is 6.07 Å². The maximum absolute atomic E-state index is 9.62. The number of hydrogen-bond donors (Lipinski definition) is 2. The van der Waals surface area contributed by atoms with Gasteiger partial charge in [0.05, 0.1) is 12.1 Å². The van der Waals surface area contributed by atoms with Crippen LogP contribution in [0.5, 0.6) is 11.5 Å². The molecule has 0 aliphatic rings. The standard InChI is InChI=1S/C9H12ClNO2/c1-5-8(12)6(4-11)3-7(10)9(5)13-2/h3,12H,4,11H2,1-2H3. The lowest BCUT2D eigenvalue weighted by molar-refractivity contribution is 0.401. The van der Waals surface area contributed by atoms with Crippen LogP contribution < -0.4 is 10.5 Å². The maximum atomic E-state index is 9.62. The zero-order valence-corrected chi connectivity index (χ0v) is 8.35. The molecule has 1 aromatic carbocycles. The lowest BCUT2D eigenvalue weighted by atomic mass is 10.1. The minimum Gasteiger partial charge on any atom is -0.507 e. The number of ether oxygens (including phenoxy) is 1. The lowest BCUT2D eigenvalue weighted by Gasteiger charge is -2.11. The Morgan fingerprint density at radius 2 is 2.23 bits per heavy atom. The topological polar surface area (TPSA) is 55.5 Å². The second-order valence-corrected chi connectivity index (χ2v) is 3.14. The summed E-state index contributed by atoms with van der Waals surface area (Å²) in [4.78, 5) is 0. The molecule has 4 heteroatoms. The molecule has 3 N–H and O–H groups in total. The molecule has 3 nitrogen and oxygen atoms in total. The molecule has 0 radical (unpaired) electrons. The van der Waals surface area contributed by atoms with Crippen molar-refractivity contribution in [2.45, 2.75) is 13.5 Å².